The minimum Gasteiger partial charge on any atom is -0.462 e. The zero-order valence-electron chi connectivity index (χ0n) is 17.0. The van der Waals surface area contributed by atoms with Crippen molar-refractivity contribution in [3.05, 3.63) is 44.1 Å². The molecule has 30 heavy (non-hydrogen) atoms. The van der Waals surface area contributed by atoms with Crippen LogP contribution in [0.5, 0.6) is 0 Å². The monoisotopic (exact) mass is 429 g/mol. The standard InChI is InChI=1S/C18H19N7O4S/c1-6-29-18(26)14-8(2)12-16-20-15(22-23(16)7-19-17(12)30-14)11(5)24-10(4)13(25(27)28)9(3)21-24/h7,11H,6H2,1-5H3. The van der Waals surface area contributed by atoms with Crippen molar-refractivity contribution in [1.29, 1.82) is 0 Å². The Morgan fingerprint density at radius 1 is 1.33 bits per heavy atom. The summed E-state index contributed by atoms with van der Waals surface area (Å²) in [7, 11) is 0. The van der Waals surface area contributed by atoms with Crippen molar-refractivity contribution in [1.82, 2.24) is 29.4 Å². The first-order chi connectivity index (χ1) is 14.2. The van der Waals surface area contributed by atoms with Gasteiger partial charge in [0.1, 0.15) is 33.5 Å². The first kappa shape index (κ1) is 19.9. The average Bonchev–Trinajstić information content (AvgIpc) is 3.34. The number of ether oxygens (including phenoxy) is 1. The van der Waals surface area contributed by atoms with Crippen LogP contribution < -0.4 is 0 Å². The molecule has 0 saturated heterocycles. The Kier molecular flexibility index (Phi) is 4.73. The van der Waals surface area contributed by atoms with Gasteiger partial charge in [-0.25, -0.2) is 19.3 Å². The summed E-state index contributed by atoms with van der Waals surface area (Å²) >= 11 is 1.25. The molecule has 1 atom stereocenters. The maximum Gasteiger partial charge on any atom is 0.348 e. The van der Waals surface area contributed by atoms with Crippen LogP contribution in [0.15, 0.2) is 6.33 Å². The zero-order chi connectivity index (χ0) is 21.7. The van der Waals surface area contributed by atoms with E-state index in [0.717, 1.165) is 10.9 Å². The Balaban J connectivity index is 1.84. The van der Waals surface area contributed by atoms with E-state index in [1.54, 1.807) is 30.0 Å². The van der Waals surface area contributed by atoms with Crippen LogP contribution in [0.25, 0.3) is 15.9 Å². The molecule has 4 aromatic heterocycles. The number of rotatable bonds is 5. The van der Waals surface area contributed by atoms with Crippen LogP contribution in [0, 0.1) is 30.9 Å². The van der Waals surface area contributed by atoms with Gasteiger partial charge < -0.3 is 4.74 Å². The maximum absolute atomic E-state index is 12.2. The van der Waals surface area contributed by atoms with E-state index in [1.807, 2.05) is 13.8 Å². The number of hydrogen-bond donors (Lipinski definition) is 0. The second-order valence-electron chi connectivity index (χ2n) is 6.84. The van der Waals surface area contributed by atoms with Crippen LogP contribution in [0.1, 0.15) is 52.3 Å². The molecule has 0 aliphatic carbocycles. The summed E-state index contributed by atoms with van der Waals surface area (Å²) in [5.41, 5.74) is 2.05. The molecule has 0 fully saturated rings. The number of fused-ring (bicyclic) bond motifs is 3. The second kappa shape index (κ2) is 7.13. The highest BCUT2D eigenvalue weighted by Gasteiger charge is 2.27. The number of nitrogens with zero attached hydrogens (tertiary/aromatic N) is 7. The predicted octanol–water partition coefficient (Wildman–Crippen LogP) is 3.15. The predicted molar refractivity (Wildman–Crippen MR) is 109 cm³/mol. The van der Waals surface area contributed by atoms with Crippen LogP contribution in [0.4, 0.5) is 5.69 Å². The van der Waals surface area contributed by atoms with Gasteiger partial charge in [0, 0.05) is 0 Å². The quantitative estimate of drug-likeness (QED) is 0.269. The van der Waals surface area contributed by atoms with Crippen molar-refractivity contribution in [2.24, 2.45) is 0 Å². The molecule has 1 unspecified atom stereocenters. The molecule has 0 spiro atoms. The van der Waals surface area contributed by atoms with Crippen molar-refractivity contribution in [3.8, 4) is 0 Å². The summed E-state index contributed by atoms with van der Waals surface area (Å²) in [4.78, 5) is 33.3. The number of thiophene rings is 1. The van der Waals surface area contributed by atoms with E-state index in [-0.39, 0.29) is 18.3 Å². The molecule has 0 saturated carbocycles. The first-order valence-electron chi connectivity index (χ1n) is 9.26. The van der Waals surface area contributed by atoms with Crippen LogP contribution in [0.2, 0.25) is 0 Å². The van der Waals surface area contributed by atoms with E-state index in [9.17, 15) is 14.9 Å². The lowest BCUT2D eigenvalue weighted by atomic mass is 10.2. The third kappa shape index (κ3) is 2.91. The smallest absolute Gasteiger partial charge is 0.348 e. The van der Waals surface area contributed by atoms with Gasteiger partial charge in [0.15, 0.2) is 11.5 Å². The zero-order valence-corrected chi connectivity index (χ0v) is 17.9. The van der Waals surface area contributed by atoms with Gasteiger partial charge in [-0.1, -0.05) is 0 Å². The normalized spacial score (nSPS) is 12.6. The van der Waals surface area contributed by atoms with E-state index in [2.05, 4.69) is 20.2 Å². The van der Waals surface area contributed by atoms with Crippen LogP contribution in [-0.2, 0) is 4.74 Å². The minimum atomic E-state index is -0.434. The average molecular weight is 429 g/mol. The molecule has 4 aromatic rings. The highest BCUT2D eigenvalue weighted by Crippen LogP contribution is 2.33. The number of esters is 1. The molecule has 11 nitrogen and oxygen atoms in total. The summed E-state index contributed by atoms with van der Waals surface area (Å²) in [6.07, 6.45) is 1.54. The van der Waals surface area contributed by atoms with Gasteiger partial charge in [0.05, 0.1) is 16.9 Å². The van der Waals surface area contributed by atoms with E-state index in [0.29, 0.717) is 32.6 Å². The van der Waals surface area contributed by atoms with Gasteiger partial charge in [0.25, 0.3) is 0 Å². The summed E-state index contributed by atoms with van der Waals surface area (Å²) in [6, 6.07) is -0.434. The van der Waals surface area contributed by atoms with Crippen molar-refractivity contribution in [2.45, 2.75) is 40.7 Å². The number of aryl methyl sites for hydroxylation is 2. The molecule has 0 aliphatic rings. The maximum atomic E-state index is 12.2. The molecule has 4 heterocycles. The Labute approximate surface area is 174 Å². The van der Waals surface area contributed by atoms with Gasteiger partial charge >= 0.3 is 11.7 Å². The third-order valence-corrected chi connectivity index (χ3v) is 6.13. The summed E-state index contributed by atoms with van der Waals surface area (Å²) < 4.78 is 8.23. The van der Waals surface area contributed by atoms with Crippen LogP contribution in [0.3, 0.4) is 0 Å². The Bertz CT molecular complexity index is 1320. The first-order valence-corrected chi connectivity index (χ1v) is 10.1. The number of nitro groups is 1. The van der Waals surface area contributed by atoms with Gasteiger partial charge in [0.2, 0.25) is 0 Å². The third-order valence-electron chi connectivity index (χ3n) is 4.95. The summed E-state index contributed by atoms with van der Waals surface area (Å²) in [5.74, 6) is 0.0484. The highest BCUT2D eigenvalue weighted by atomic mass is 32.1. The molecule has 0 radical (unpaired) electrons. The molecule has 0 amide bonds. The van der Waals surface area contributed by atoms with Crippen molar-refractivity contribution >= 4 is 38.9 Å². The fraction of sp³-hybridized carbons (Fsp3) is 0.389. The lowest BCUT2D eigenvalue weighted by Gasteiger charge is -2.09. The fourth-order valence-corrected chi connectivity index (χ4v) is 4.56. The Morgan fingerprint density at radius 2 is 2.07 bits per heavy atom. The second-order valence-corrected chi connectivity index (χ2v) is 7.84. The lowest BCUT2D eigenvalue weighted by molar-refractivity contribution is -0.386. The summed E-state index contributed by atoms with van der Waals surface area (Å²) in [6.45, 7) is 8.95. The lowest BCUT2D eigenvalue weighted by Crippen LogP contribution is -2.12. The van der Waals surface area contributed by atoms with E-state index >= 15 is 0 Å². The molecule has 0 aromatic carbocycles. The number of hydrogen-bond acceptors (Lipinski definition) is 9. The summed E-state index contributed by atoms with van der Waals surface area (Å²) in [5, 5.41) is 20.9. The van der Waals surface area contributed by atoms with E-state index < -0.39 is 11.0 Å². The minimum absolute atomic E-state index is 0.0116. The molecule has 0 bridgehead atoms. The molecular formula is C18H19N7O4S. The SMILES string of the molecule is CCOC(=O)c1sc2ncn3nc(C(C)n4nc(C)c([N+](=O)[O-])c4C)nc3c2c1C. The van der Waals surface area contributed by atoms with Gasteiger partial charge in [-0.3, -0.25) is 14.8 Å². The molecular weight excluding hydrogens is 410 g/mol. The fourth-order valence-electron chi connectivity index (χ4n) is 3.52. The largest absolute Gasteiger partial charge is 0.462 e. The van der Waals surface area contributed by atoms with Gasteiger partial charge in [-0.2, -0.15) is 5.10 Å². The van der Waals surface area contributed by atoms with E-state index in [4.69, 9.17) is 4.74 Å². The number of carbonyl (C=O) groups excluding carboxylic acids is 1. The van der Waals surface area contributed by atoms with Crippen LogP contribution >= 0.6 is 11.3 Å². The Morgan fingerprint density at radius 3 is 2.70 bits per heavy atom. The Hall–Kier alpha value is -3.41. The number of carbonyl (C=O) groups is 1. The van der Waals surface area contributed by atoms with E-state index in [1.165, 1.54) is 17.7 Å². The van der Waals surface area contributed by atoms with Gasteiger partial charge in [-0.05, 0) is 40.2 Å². The van der Waals surface area contributed by atoms with Gasteiger partial charge in [-0.15, -0.1) is 16.4 Å². The molecule has 0 aliphatic heterocycles. The molecule has 12 heteroatoms. The molecule has 4 rings (SSSR count). The number of aromatic nitrogens is 6. The van der Waals surface area contributed by atoms with Crippen molar-refractivity contribution < 1.29 is 14.5 Å². The highest BCUT2D eigenvalue weighted by molar-refractivity contribution is 7.20. The van der Waals surface area contributed by atoms with Crippen molar-refractivity contribution in [2.75, 3.05) is 6.61 Å². The van der Waals surface area contributed by atoms with Crippen molar-refractivity contribution in [3.63, 3.8) is 0 Å². The topological polar surface area (TPSA) is 130 Å². The molecule has 0 N–H and O–H groups in total. The molecule has 156 valence electrons. The van der Waals surface area contributed by atoms with Crippen LogP contribution in [-0.4, -0.2) is 46.9 Å².